The van der Waals surface area contributed by atoms with Crippen molar-refractivity contribution in [2.75, 3.05) is 26.8 Å². The number of ether oxygens (including phenoxy) is 2. The minimum atomic E-state index is -1.63. The number of hydrogen-bond donors (Lipinski definition) is 1. The molecule has 0 spiro atoms. The predicted molar refractivity (Wildman–Crippen MR) is 136 cm³/mol. The van der Waals surface area contributed by atoms with E-state index < -0.39 is 9.89 Å². The highest BCUT2D eigenvalue weighted by atomic mass is 35.6. The average molecular weight is 522 g/mol. The lowest BCUT2D eigenvalue weighted by molar-refractivity contribution is 0.0539. The molecule has 2 heterocycles. The van der Waals surface area contributed by atoms with Crippen LogP contribution in [0.2, 0.25) is 0 Å². The second kappa shape index (κ2) is 8.85. The Bertz CT molecular complexity index is 1240. The standard InChI is InChI=1S/C26H27Cl3N2O3/c1-16-5-3-8-20-21-12-18-14-31(24(32)34-15-26(27,28)29)10-9-25(18,13-22(21)30-23(16)20)17-6-4-7-19(11-17)33-2/h3-8,11,18,30H,9-10,12-15H2,1-2H3. The molecule has 1 aliphatic carbocycles. The average Bonchev–Trinajstić information content (AvgIpc) is 3.18. The van der Waals surface area contributed by atoms with E-state index in [1.807, 2.05) is 12.1 Å². The Morgan fingerprint density at radius 2 is 2.03 bits per heavy atom. The molecule has 3 aromatic rings. The molecule has 1 saturated heterocycles. The number of methoxy groups -OCH3 is 1. The van der Waals surface area contributed by atoms with Crippen LogP contribution >= 0.6 is 34.8 Å². The Hall–Kier alpha value is -2.08. The van der Waals surface area contributed by atoms with Crippen molar-refractivity contribution in [1.82, 2.24) is 9.88 Å². The Balaban J connectivity index is 1.53. The van der Waals surface area contributed by atoms with Gasteiger partial charge in [-0.3, -0.25) is 0 Å². The predicted octanol–water partition coefficient (Wildman–Crippen LogP) is 6.35. The molecule has 0 radical (unpaired) electrons. The number of nitrogens with zero attached hydrogens (tertiary/aromatic N) is 1. The van der Waals surface area contributed by atoms with Crippen LogP contribution in [0.25, 0.3) is 10.9 Å². The number of halogens is 3. The fourth-order valence-electron chi connectivity index (χ4n) is 5.80. The van der Waals surface area contributed by atoms with E-state index in [-0.39, 0.29) is 17.9 Å². The van der Waals surface area contributed by atoms with Crippen molar-refractivity contribution >= 4 is 51.8 Å². The van der Waals surface area contributed by atoms with E-state index in [1.54, 1.807) is 12.0 Å². The van der Waals surface area contributed by atoms with Gasteiger partial charge in [0.2, 0.25) is 3.79 Å². The number of fused-ring (bicyclic) bond motifs is 4. The first-order valence-electron chi connectivity index (χ1n) is 11.4. The zero-order valence-electron chi connectivity index (χ0n) is 19.2. The molecule has 34 heavy (non-hydrogen) atoms. The van der Waals surface area contributed by atoms with Gasteiger partial charge in [0.1, 0.15) is 12.4 Å². The zero-order chi connectivity index (χ0) is 24.1. The van der Waals surface area contributed by atoms with Gasteiger partial charge < -0.3 is 19.4 Å². The van der Waals surface area contributed by atoms with Crippen molar-refractivity contribution in [3.8, 4) is 5.75 Å². The normalized spacial score (nSPS) is 22.3. The van der Waals surface area contributed by atoms with Crippen molar-refractivity contribution in [2.45, 2.75) is 35.4 Å². The Labute approximate surface area is 214 Å². The summed E-state index contributed by atoms with van der Waals surface area (Å²) in [5, 5.41) is 1.27. The van der Waals surface area contributed by atoms with Crippen LogP contribution in [0.4, 0.5) is 4.79 Å². The van der Waals surface area contributed by atoms with Crippen molar-refractivity contribution in [1.29, 1.82) is 0 Å². The number of rotatable bonds is 3. The van der Waals surface area contributed by atoms with Crippen LogP contribution < -0.4 is 4.74 Å². The summed E-state index contributed by atoms with van der Waals surface area (Å²) in [5.41, 5.74) is 6.19. The molecule has 2 unspecified atom stereocenters. The van der Waals surface area contributed by atoms with Gasteiger partial charge in [0.15, 0.2) is 0 Å². The number of para-hydroxylation sites is 1. The number of amides is 1. The van der Waals surface area contributed by atoms with Crippen LogP contribution in [0, 0.1) is 12.8 Å². The summed E-state index contributed by atoms with van der Waals surface area (Å²) in [6.07, 6.45) is 2.11. The molecule has 5 rings (SSSR count). The molecule has 0 saturated carbocycles. The third-order valence-electron chi connectivity index (χ3n) is 7.49. The molecule has 1 aliphatic heterocycles. The van der Waals surface area contributed by atoms with Gasteiger partial charge in [-0.2, -0.15) is 0 Å². The van der Waals surface area contributed by atoms with Gasteiger partial charge in [0.05, 0.1) is 7.11 Å². The number of aromatic nitrogens is 1. The minimum Gasteiger partial charge on any atom is -0.497 e. The van der Waals surface area contributed by atoms with E-state index in [4.69, 9.17) is 44.3 Å². The summed E-state index contributed by atoms with van der Waals surface area (Å²) in [7, 11) is 1.69. The Kier molecular flexibility index (Phi) is 6.16. The van der Waals surface area contributed by atoms with Crippen molar-refractivity contribution < 1.29 is 14.3 Å². The number of H-pyrrole nitrogens is 1. The van der Waals surface area contributed by atoms with Crippen molar-refractivity contribution in [3.63, 3.8) is 0 Å². The number of benzene rings is 2. The highest BCUT2D eigenvalue weighted by molar-refractivity contribution is 6.67. The van der Waals surface area contributed by atoms with E-state index in [2.05, 4.69) is 42.2 Å². The number of hydrogen-bond acceptors (Lipinski definition) is 3. The molecule has 0 bridgehead atoms. The van der Waals surface area contributed by atoms with Gasteiger partial charge >= 0.3 is 6.09 Å². The van der Waals surface area contributed by atoms with E-state index in [0.717, 1.165) is 25.0 Å². The summed E-state index contributed by atoms with van der Waals surface area (Å²) in [4.78, 5) is 18.3. The van der Waals surface area contributed by atoms with Crippen LogP contribution in [-0.4, -0.2) is 46.6 Å². The second-order valence-electron chi connectivity index (χ2n) is 9.41. The number of aromatic amines is 1. The topological polar surface area (TPSA) is 54.6 Å². The van der Waals surface area contributed by atoms with Crippen LogP contribution in [0.3, 0.4) is 0 Å². The van der Waals surface area contributed by atoms with E-state index >= 15 is 0 Å². The maximum absolute atomic E-state index is 12.8. The number of piperidine rings is 1. The van der Waals surface area contributed by atoms with E-state index in [1.165, 1.54) is 33.3 Å². The van der Waals surface area contributed by atoms with Gasteiger partial charge in [-0.05, 0) is 60.9 Å². The maximum Gasteiger partial charge on any atom is 0.409 e. The van der Waals surface area contributed by atoms with Gasteiger partial charge in [0.25, 0.3) is 0 Å². The van der Waals surface area contributed by atoms with Gasteiger partial charge in [-0.15, -0.1) is 0 Å². The number of aryl methyl sites for hydroxylation is 1. The highest BCUT2D eigenvalue weighted by Crippen LogP contribution is 2.50. The molecule has 1 fully saturated rings. The minimum absolute atomic E-state index is 0.123. The molecule has 5 nitrogen and oxygen atoms in total. The first kappa shape index (κ1) is 23.7. The van der Waals surface area contributed by atoms with Gasteiger partial charge in [-0.25, -0.2) is 4.79 Å². The molecular weight excluding hydrogens is 495 g/mol. The van der Waals surface area contributed by atoms with Gasteiger partial charge in [0, 0.05) is 35.1 Å². The van der Waals surface area contributed by atoms with Crippen LogP contribution in [0.15, 0.2) is 42.5 Å². The van der Waals surface area contributed by atoms with Crippen molar-refractivity contribution in [3.05, 3.63) is 64.8 Å². The first-order chi connectivity index (χ1) is 16.2. The molecular formula is C26H27Cl3N2O3. The maximum atomic E-state index is 12.8. The number of carbonyl (C=O) groups is 1. The van der Waals surface area contributed by atoms with Crippen LogP contribution in [0.1, 0.15) is 28.8 Å². The summed E-state index contributed by atoms with van der Waals surface area (Å²) < 4.78 is 9.23. The van der Waals surface area contributed by atoms with Crippen molar-refractivity contribution in [2.24, 2.45) is 5.92 Å². The van der Waals surface area contributed by atoms with E-state index in [9.17, 15) is 4.79 Å². The molecule has 2 aromatic carbocycles. The molecule has 1 N–H and O–H groups in total. The van der Waals surface area contributed by atoms with Crippen LogP contribution in [-0.2, 0) is 23.0 Å². The zero-order valence-corrected chi connectivity index (χ0v) is 21.4. The Morgan fingerprint density at radius 1 is 1.24 bits per heavy atom. The van der Waals surface area contributed by atoms with Gasteiger partial charge in [-0.1, -0.05) is 65.1 Å². The third-order valence-corrected chi connectivity index (χ3v) is 7.82. The Morgan fingerprint density at radius 3 is 2.79 bits per heavy atom. The lowest BCUT2D eigenvalue weighted by Gasteiger charge is -2.50. The molecule has 1 aromatic heterocycles. The smallest absolute Gasteiger partial charge is 0.409 e. The third kappa shape index (κ3) is 4.23. The largest absolute Gasteiger partial charge is 0.497 e. The molecule has 8 heteroatoms. The monoisotopic (exact) mass is 520 g/mol. The number of likely N-dealkylation sites (tertiary alicyclic amines) is 1. The van der Waals surface area contributed by atoms with E-state index in [0.29, 0.717) is 13.1 Å². The highest BCUT2D eigenvalue weighted by Gasteiger charge is 2.49. The summed E-state index contributed by atoms with van der Waals surface area (Å²) in [5.74, 6) is 1.05. The lowest BCUT2D eigenvalue weighted by Crippen LogP contribution is -2.55. The number of alkyl halides is 3. The summed E-state index contributed by atoms with van der Waals surface area (Å²) >= 11 is 17.4. The molecule has 2 aliphatic rings. The number of carbonyl (C=O) groups excluding carboxylic acids is 1. The fourth-order valence-corrected chi connectivity index (χ4v) is 5.96. The molecule has 2 atom stereocenters. The first-order valence-corrected chi connectivity index (χ1v) is 12.6. The fraction of sp³-hybridized carbons (Fsp3) is 0.423. The SMILES string of the molecule is COc1cccc(C23CCN(C(=O)OCC(Cl)(Cl)Cl)CC2Cc2c([nH]c4c(C)cccc24)C3)c1. The van der Waals surface area contributed by atoms with Crippen LogP contribution in [0.5, 0.6) is 5.75 Å². The molecule has 180 valence electrons. The quantitative estimate of drug-likeness (QED) is 0.409. The summed E-state index contributed by atoms with van der Waals surface area (Å²) in [6, 6.07) is 14.8. The summed E-state index contributed by atoms with van der Waals surface area (Å²) in [6.45, 7) is 3.01. The number of nitrogens with one attached hydrogen (secondary N) is 1. The lowest BCUT2D eigenvalue weighted by atomic mass is 9.59. The second-order valence-corrected chi connectivity index (χ2v) is 11.9. The molecule has 1 amide bonds.